The number of hydrogen-bond acceptors (Lipinski definition) is 2. The Bertz CT molecular complexity index is 769. The highest BCUT2D eigenvalue weighted by Crippen LogP contribution is 2.18. The van der Waals surface area contributed by atoms with Crippen molar-refractivity contribution in [1.29, 1.82) is 0 Å². The molecule has 4 heteroatoms. The van der Waals surface area contributed by atoms with Crippen molar-refractivity contribution in [3.63, 3.8) is 0 Å². The van der Waals surface area contributed by atoms with E-state index in [1.54, 1.807) is 0 Å². The molecule has 0 atom stereocenters. The van der Waals surface area contributed by atoms with Gasteiger partial charge in [0, 0.05) is 10.0 Å². The summed E-state index contributed by atoms with van der Waals surface area (Å²) < 4.78 is 1.04. The van der Waals surface area contributed by atoms with Gasteiger partial charge in [0.25, 0.3) is 0 Å². The van der Waals surface area contributed by atoms with E-state index in [-0.39, 0.29) is 0 Å². The Kier molecular flexibility index (Phi) is 5.06. The van der Waals surface area contributed by atoms with Crippen LogP contribution in [0.15, 0.2) is 94.4 Å². The van der Waals surface area contributed by atoms with Crippen LogP contribution in [0.2, 0.25) is 0 Å². The number of amidine groups is 1. The lowest BCUT2D eigenvalue weighted by molar-refractivity contribution is 1.11. The normalized spacial score (nSPS) is 11.1. The maximum absolute atomic E-state index is 4.71. The number of hydrazine groups is 1. The summed E-state index contributed by atoms with van der Waals surface area (Å²) in [5, 5.41) is 0. The number of anilines is 1. The molecule has 0 fully saturated rings. The summed E-state index contributed by atoms with van der Waals surface area (Å²) in [4.78, 5) is 4.71. The number of para-hydroxylation sites is 1. The monoisotopic (exact) mass is 365 g/mol. The zero-order valence-corrected chi connectivity index (χ0v) is 14.0. The Morgan fingerprint density at radius 1 is 0.739 bits per heavy atom. The number of nitrogens with one attached hydrogen (secondary N) is 2. The van der Waals surface area contributed by atoms with Gasteiger partial charge in [-0.3, -0.25) is 10.9 Å². The van der Waals surface area contributed by atoms with Gasteiger partial charge in [0.15, 0.2) is 5.84 Å². The van der Waals surface area contributed by atoms with Gasteiger partial charge >= 0.3 is 0 Å². The molecular formula is C19H16BrN3. The Morgan fingerprint density at radius 3 is 2.00 bits per heavy atom. The number of nitrogens with zero attached hydrogens (tertiary/aromatic N) is 1. The van der Waals surface area contributed by atoms with Crippen LogP contribution in [0.1, 0.15) is 5.56 Å². The van der Waals surface area contributed by atoms with Gasteiger partial charge in [-0.2, -0.15) is 0 Å². The Balaban J connectivity index is 1.86. The molecule has 0 saturated heterocycles. The van der Waals surface area contributed by atoms with Gasteiger partial charge in [-0.05, 0) is 36.4 Å². The molecule has 0 aromatic heterocycles. The molecule has 0 spiro atoms. The second-order valence-electron chi connectivity index (χ2n) is 4.92. The van der Waals surface area contributed by atoms with Crippen LogP contribution >= 0.6 is 15.9 Å². The van der Waals surface area contributed by atoms with Crippen molar-refractivity contribution in [2.45, 2.75) is 0 Å². The first-order valence-corrected chi connectivity index (χ1v) is 8.07. The van der Waals surface area contributed by atoms with Crippen LogP contribution in [0.4, 0.5) is 11.4 Å². The van der Waals surface area contributed by atoms with E-state index >= 15 is 0 Å². The standard InChI is InChI=1S/C19H16BrN3/c20-16-11-13-17(14-12-16)21-19(15-7-3-1-4-8-15)23-22-18-9-5-2-6-10-18/h1-14,22H,(H,21,23). The zero-order valence-electron chi connectivity index (χ0n) is 12.4. The number of rotatable bonds is 4. The van der Waals surface area contributed by atoms with Crippen molar-refractivity contribution >= 4 is 33.1 Å². The third kappa shape index (κ3) is 4.44. The number of hydrogen-bond donors (Lipinski definition) is 2. The van der Waals surface area contributed by atoms with Crippen LogP contribution in [-0.2, 0) is 0 Å². The van der Waals surface area contributed by atoms with Gasteiger partial charge in [-0.25, -0.2) is 4.99 Å². The van der Waals surface area contributed by atoms with E-state index < -0.39 is 0 Å². The van der Waals surface area contributed by atoms with Crippen molar-refractivity contribution in [2.24, 2.45) is 4.99 Å². The molecule has 0 radical (unpaired) electrons. The highest BCUT2D eigenvalue weighted by atomic mass is 79.9. The van der Waals surface area contributed by atoms with Gasteiger partial charge in [-0.15, -0.1) is 0 Å². The largest absolute Gasteiger partial charge is 0.300 e. The van der Waals surface area contributed by atoms with Crippen molar-refractivity contribution in [1.82, 2.24) is 5.43 Å². The second kappa shape index (κ2) is 7.61. The summed E-state index contributed by atoms with van der Waals surface area (Å²) in [6, 6.07) is 27.9. The molecule has 23 heavy (non-hydrogen) atoms. The molecule has 3 nitrogen and oxygen atoms in total. The number of aliphatic imine (C=N–C) groups is 1. The van der Waals surface area contributed by atoms with Crippen molar-refractivity contribution in [2.75, 3.05) is 5.43 Å². The maximum atomic E-state index is 4.71. The minimum atomic E-state index is 0.761. The molecular weight excluding hydrogens is 350 g/mol. The Morgan fingerprint density at radius 2 is 1.35 bits per heavy atom. The van der Waals surface area contributed by atoms with E-state index in [0.29, 0.717) is 0 Å². The quantitative estimate of drug-likeness (QED) is 0.381. The van der Waals surface area contributed by atoms with Crippen molar-refractivity contribution in [3.05, 3.63) is 95.0 Å². The average molecular weight is 366 g/mol. The predicted octanol–water partition coefficient (Wildman–Crippen LogP) is 5.14. The summed E-state index contributed by atoms with van der Waals surface area (Å²) in [6.07, 6.45) is 0. The smallest absolute Gasteiger partial charge is 0.152 e. The van der Waals surface area contributed by atoms with Gasteiger partial charge in [0.2, 0.25) is 0 Å². The van der Waals surface area contributed by atoms with Gasteiger partial charge < -0.3 is 0 Å². The first kappa shape index (κ1) is 15.3. The summed E-state index contributed by atoms with van der Waals surface area (Å²) in [5.74, 6) is 0.761. The number of halogens is 1. The molecule has 0 bridgehead atoms. The topological polar surface area (TPSA) is 36.4 Å². The van der Waals surface area contributed by atoms with Crippen molar-refractivity contribution < 1.29 is 0 Å². The second-order valence-corrected chi connectivity index (χ2v) is 5.83. The molecule has 0 aliphatic heterocycles. The number of benzene rings is 3. The maximum Gasteiger partial charge on any atom is 0.152 e. The molecule has 114 valence electrons. The van der Waals surface area contributed by atoms with Crippen LogP contribution in [-0.4, -0.2) is 5.84 Å². The van der Waals surface area contributed by atoms with Gasteiger partial charge in [0.1, 0.15) is 0 Å². The lowest BCUT2D eigenvalue weighted by atomic mass is 10.2. The summed E-state index contributed by atoms with van der Waals surface area (Å²) in [5.41, 5.74) is 9.26. The highest BCUT2D eigenvalue weighted by molar-refractivity contribution is 9.10. The summed E-state index contributed by atoms with van der Waals surface area (Å²) in [6.45, 7) is 0. The molecule has 0 unspecified atom stereocenters. The van der Waals surface area contributed by atoms with Crippen LogP contribution in [0, 0.1) is 0 Å². The van der Waals surface area contributed by atoms with Gasteiger partial charge in [0.05, 0.1) is 11.4 Å². The molecule has 3 aromatic carbocycles. The third-order valence-corrected chi connectivity index (χ3v) is 3.74. The van der Waals surface area contributed by atoms with E-state index in [1.165, 1.54) is 0 Å². The molecule has 3 aromatic rings. The van der Waals surface area contributed by atoms with Crippen LogP contribution in [0.5, 0.6) is 0 Å². The predicted molar refractivity (Wildman–Crippen MR) is 100.0 cm³/mol. The minimum Gasteiger partial charge on any atom is -0.300 e. The molecule has 0 aliphatic rings. The van der Waals surface area contributed by atoms with Crippen LogP contribution in [0.25, 0.3) is 0 Å². The van der Waals surface area contributed by atoms with E-state index in [0.717, 1.165) is 27.2 Å². The summed E-state index contributed by atoms with van der Waals surface area (Å²) >= 11 is 3.44. The average Bonchev–Trinajstić information content (AvgIpc) is 2.62. The van der Waals surface area contributed by atoms with Gasteiger partial charge in [-0.1, -0.05) is 64.5 Å². The fourth-order valence-corrected chi connectivity index (χ4v) is 2.32. The lowest BCUT2D eigenvalue weighted by Crippen LogP contribution is -2.30. The Hall–Kier alpha value is -2.59. The molecule has 3 rings (SSSR count). The highest BCUT2D eigenvalue weighted by Gasteiger charge is 2.03. The fourth-order valence-electron chi connectivity index (χ4n) is 2.06. The van der Waals surface area contributed by atoms with E-state index in [4.69, 9.17) is 4.99 Å². The first-order valence-electron chi connectivity index (χ1n) is 7.28. The lowest BCUT2D eigenvalue weighted by Gasteiger charge is -2.12. The molecule has 2 N–H and O–H groups in total. The molecule has 0 aliphatic carbocycles. The van der Waals surface area contributed by atoms with Crippen LogP contribution in [0.3, 0.4) is 0 Å². The van der Waals surface area contributed by atoms with E-state index in [9.17, 15) is 0 Å². The first-order chi connectivity index (χ1) is 11.3. The molecule has 0 amide bonds. The minimum absolute atomic E-state index is 0.761. The molecule has 0 heterocycles. The molecule has 0 saturated carbocycles. The Labute approximate surface area is 144 Å². The zero-order chi connectivity index (χ0) is 15.9. The van der Waals surface area contributed by atoms with E-state index in [1.807, 2.05) is 84.9 Å². The van der Waals surface area contributed by atoms with Crippen LogP contribution < -0.4 is 10.9 Å². The third-order valence-electron chi connectivity index (χ3n) is 3.21. The fraction of sp³-hybridized carbons (Fsp3) is 0. The SMILES string of the molecule is Brc1ccc(N=C(NNc2ccccc2)c2ccccc2)cc1. The van der Waals surface area contributed by atoms with E-state index in [2.05, 4.69) is 26.8 Å². The summed E-state index contributed by atoms with van der Waals surface area (Å²) in [7, 11) is 0. The van der Waals surface area contributed by atoms with Crippen molar-refractivity contribution in [3.8, 4) is 0 Å².